The molecular formula is C20H23N9O. The standard InChI is InChI=1S/C20H23N9O/c1-2-30-16-6-4-14(5-7-16)18-17(21)19(22)27-20(26-18)25-15-12-24-29(13-15)11-10-28-9-3-8-23-28/h3-9,12-13H,2,10-11,21H2,1H3,(H3,22,25,26,27). The van der Waals surface area contributed by atoms with Gasteiger partial charge in [-0.15, -0.1) is 0 Å². The van der Waals surface area contributed by atoms with Gasteiger partial charge in [0.15, 0.2) is 5.82 Å². The molecule has 0 radical (unpaired) electrons. The second-order valence-corrected chi connectivity index (χ2v) is 6.54. The first-order valence-electron chi connectivity index (χ1n) is 9.55. The van der Waals surface area contributed by atoms with Crippen LogP contribution in [0.15, 0.2) is 55.1 Å². The van der Waals surface area contributed by atoms with Gasteiger partial charge in [0.25, 0.3) is 0 Å². The van der Waals surface area contributed by atoms with E-state index < -0.39 is 0 Å². The Kier molecular flexibility index (Phi) is 5.46. The van der Waals surface area contributed by atoms with Crippen molar-refractivity contribution < 1.29 is 4.74 Å². The van der Waals surface area contributed by atoms with Crippen LogP contribution in [0, 0.1) is 0 Å². The molecule has 5 N–H and O–H groups in total. The number of aryl methyl sites for hydroxylation is 2. The number of hydrogen-bond acceptors (Lipinski definition) is 8. The Bertz CT molecular complexity index is 1100. The Morgan fingerprint density at radius 2 is 1.83 bits per heavy atom. The Morgan fingerprint density at radius 1 is 1.03 bits per heavy atom. The van der Waals surface area contributed by atoms with E-state index in [-0.39, 0.29) is 5.82 Å². The number of nitrogens with zero attached hydrogens (tertiary/aromatic N) is 6. The fourth-order valence-corrected chi connectivity index (χ4v) is 2.96. The van der Waals surface area contributed by atoms with Crippen LogP contribution >= 0.6 is 0 Å². The lowest BCUT2D eigenvalue weighted by atomic mass is 10.1. The van der Waals surface area contributed by atoms with E-state index >= 15 is 0 Å². The van der Waals surface area contributed by atoms with E-state index in [9.17, 15) is 0 Å². The van der Waals surface area contributed by atoms with Crippen molar-refractivity contribution in [2.24, 2.45) is 0 Å². The molecule has 0 atom stereocenters. The maximum atomic E-state index is 6.13. The molecule has 0 fully saturated rings. The zero-order chi connectivity index (χ0) is 20.9. The van der Waals surface area contributed by atoms with Gasteiger partial charge in [0.2, 0.25) is 5.95 Å². The molecule has 3 aromatic heterocycles. The molecule has 154 valence electrons. The lowest BCUT2D eigenvalue weighted by molar-refractivity contribution is 0.340. The van der Waals surface area contributed by atoms with Gasteiger partial charge < -0.3 is 21.5 Å². The summed E-state index contributed by atoms with van der Waals surface area (Å²) in [5.74, 6) is 1.34. The van der Waals surface area contributed by atoms with E-state index in [1.165, 1.54) is 0 Å². The second-order valence-electron chi connectivity index (χ2n) is 6.54. The number of benzene rings is 1. The van der Waals surface area contributed by atoms with Gasteiger partial charge in [0.1, 0.15) is 17.1 Å². The van der Waals surface area contributed by atoms with Crippen LogP contribution in [0.2, 0.25) is 0 Å². The quantitative estimate of drug-likeness (QED) is 0.407. The van der Waals surface area contributed by atoms with Gasteiger partial charge in [-0.2, -0.15) is 15.2 Å². The van der Waals surface area contributed by atoms with Crippen LogP contribution in [0.25, 0.3) is 11.3 Å². The predicted octanol–water partition coefficient (Wildman–Crippen LogP) is 2.54. The number of nitrogens with one attached hydrogen (secondary N) is 1. The average Bonchev–Trinajstić information content (AvgIpc) is 3.42. The predicted molar refractivity (Wildman–Crippen MR) is 115 cm³/mol. The number of aromatic nitrogens is 6. The van der Waals surface area contributed by atoms with Crippen molar-refractivity contribution in [2.75, 3.05) is 23.4 Å². The van der Waals surface area contributed by atoms with Gasteiger partial charge in [-0.1, -0.05) is 0 Å². The Morgan fingerprint density at radius 3 is 2.57 bits per heavy atom. The van der Waals surface area contributed by atoms with Crippen LogP contribution in [0.1, 0.15) is 6.92 Å². The number of nitrogens with two attached hydrogens (primary N) is 2. The first-order chi connectivity index (χ1) is 14.6. The van der Waals surface area contributed by atoms with Crippen LogP contribution < -0.4 is 21.5 Å². The van der Waals surface area contributed by atoms with Crippen molar-refractivity contribution in [3.05, 3.63) is 55.1 Å². The molecule has 10 nitrogen and oxygen atoms in total. The summed E-state index contributed by atoms with van der Waals surface area (Å²) in [6.07, 6.45) is 7.24. The summed E-state index contributed by atoms with van der Waals surface area (Å²) >= 11 is 0. The van der Waals surface area contributed by atoms with Gasteiger partial charge in [0.05, 0.1) is 31.6 Å². The molecule has 0 spiro atoms. The van der Waals surface area contributed by atoms with Crippen LogP contribution in [-0.2, 0) is 13.1 Å². The highest BCUT2D eigenvalue weighted by atomic mass is 16.5. The van der Waals surface area contributed by atoms with Crippen molar-refractivity contribution >= 4 is 23.1 Å². The number of anilines is 4. The number of hydrogen-bond donors (Lipinski definition) is 3. The van der Waals surface area contributed by atoms with Gasteiger partial charge in [-0.05, 0) is 37.3 Å². The van der Waals surface area contributed by atoms with Crippen molar-refractivity contribution in [2.45, 2.75) is 20.0 Å². The summed E-state index contributed by atoms with van der Waals surface area (Å²) in [5.41, 5.74) is 14.6. The normalized spacial score (nSPS) is 10.8. The third-order valence-corrected chi connectivity index (χ3v) is 4.42. The maximum Gasteiger partial charge on any atom is 0.229 e. The molecule has 0 aliphatic heterocycles. The van der Waals surface area contributed by atoms with Crippen molar-refractivity contribution in [3.63, 3.8) is 0 Å². The van der Waals surface area contributed by atoms with Crippen molar-refractivity contribution in [1.29, 1.82) is 0 Å². The summed E-state index contributed by atoms with van der Waals surface area (Å²) in [4.78, 5) is 8.80. The molecule has 1 aromatic carbocycles. The van der Waals surface area contributed by atoms with E-state index in [1.807, 2.05) is 59.0 Å². The van der Waals surface area contributed by atoms with Gasteiger partial charge in [-0.3, -0.25) is 9.36 Å². The highest BCUT2D eigenvalue weighted by Crippen LogP contribution is 2.30. The van der Waals surface area contributed by atoms with Gasteiger partial charge >= 0.3 is 0 Å². The van der Waals surface area contributed by atoms with E-state index in [4.69, 9.17) is 16.2 Å². The minimum absolute atomic E-state index is 0.211. The Balaban J connectivity index is 1.51. The number of ether oxygens (including phenoxy) is 1. The van der Waals surface area contributed by atoms with Crippen LogP contribution in [0.4, 0.5) is 23.1 Å². The number of rotatable bonds is 8. The molecule has 4 rings (SSSR count). The summed E-state index contributed by atoms with van der Waals surface area (Å²) in [5, 5.41) is 11.7. The molecule has 0 saturated heterocycles. The van der Waals surface area contributed by atoms with E-state index in [0.29, 0.717) is 30.5 Å². The summed E-state index contributed by atoms with van der Waals surface area (Å²) in [6.45, 7) is 3.95. The third-order valence-electron chi connectivity index (χ3n) is 4.42. The van der Waals surface area contributed by atoms with E-state index in [1.54, 1.807) is 12.4 Å². The first kappa shape index (κ1) is 19.2. The third kappa shape index (κ3) is 4.32. The summed E-state index contributed by atoms with van der Waals surface area (Å²) in [7, 11) is 0. The molecular weight excluding hydrogens is 382 g/mol. The molecule has 0 saturated carbocycles. The first-order valence-corrected chi connectivity index (χ1v) is 9.55. The van der Waals surface area contributed by atoms with Crippen LogP contribution in [-0.4, -0.2) is 36.1 Å². The molecule has 10 heteroatoms. The van der Waals surface area contributed by atoms with E-state index in [2.05, 4.69) is 25.5 Å². The van der Waals surface area contributed by atoms with Crippen LogP contribution in [0.3, 0.4) is 0 Å². The molecule has 4 aromatic rings. The molecule has 0 amide bonds. The Hall–Kier alpha value is -4.08. The van der Waals surface area contributed by atoms with Crippen molar-refractivity contribution in [3.8, 4) is 17.0 Å². The minimum Gasteiger partial charge on any atom is -0.494 e. The summed E-state index contributed by atoms with van der Waals surface area (Å²) < 4.78 is 9.15. The lowest BCUT2D eigenvalue weighted by Gasteiger charge is -2.11. The van der Waals surface area contributed by atoms with E-state index in [0.717, 1.165) is 23.5 Å². The highest BCUT2D eigenvalue weighted by molar-refractivity contribution is 5.81. The molecule has 3 heterocycles. The zero-order valence-corrected chi connectivity index (χ0v) is 16.6. The molecule has 0 aliphatic rings. The van der Waals surface area contributed by atoms with Crippen LogP contribution in [0.5, 0.6) is 5.75 Å². The molecule has 0 unspecified atom stereocenters. The second kappa shape index (κ2) is 8.52. The molecule has 0 bridgehead atoms. The molecule has 0 aliphatic carbocycles. The van der Waals surface area contributed by atoms with Gasteiger partial charge in [-0.25, -0.2) is 4.98 Å². The fraction of sp³-hybridized carbons (Fsp3) is 0.200. The lowest BCUT2D eigenvalue weighted by Crippen LogP contribution is -2.08. The maximum absolute atomic E-state index is 6.13. The monoisotopic (exact) mass is 405 g/mol. The fourth-order valence-electron chi connectivity index (χ4n) is 2.96. The van der Waals surface area contributed by atoms with Gasteiger partial charge in [0, 0.05) is 24.2 Å². The summed E-state index contributed by atoms with van der Waals surface area (Å²) in [6, 6.07) is 9.40. The number of nitrogen functional groups attached to an aromatic ring is 2. The minimum atomic E-state index is 0.211. The molecule has 30 heavy (non-hydrogen) atoms. The topological polar surface area (TPSA) is 135 Å². The average molecular weight is 405 g/mol. The SMILES string of the molecule is CCOc1ccc(-c2nc(Nc3cnn(CCn4cccn4)c3)nc(N)c2N)cc1. The van der Waals surface area contributed by atoms with Crippen molar-refractivity contribution in [1.82, 2.24) is 29.5 Å². The largest absolute Gasteiger partial charge is 0.494 e. The highest BCUT2D eigenvalue weighted by Gasteiger charge is 2.13. The smallest absolute Gasteiger partial charge is 0.229 e. The zero-order valence-electron chi connectivity index (χ0n) is 16.6. The Labute approximate surface area is 173 Å².